The van der Waals surface area contributed by atoms with Crippen LogP contribution in [0.3, 0.4) is 0 Å². The lowest BCUT2D eigenvalue weighted by atomic mass is 9.98. The van der Waals surface area contributed by atoms with Crippen molar-refractivity contribution in [2.24, 2.45) is 0 Å². The molecule has 0 radical (unpaired) electrons. The van der Waals surface area contributed by atoms with Crippen LogP contribution in [-0.2, 0) is 16.3 Å². The fourth-order valence-electron chi connectivity index (χ4n) is 3.00. The molecule has 1 atom stereocenters. The number of benzene rings is 3. The highest BCUT2D eigenvalue weighted by Crippen LogP contribution is 2.21. The molecule has 0 spiro atoms. The zero-order chi connectivity index (χ0) is 19.3. The van der Waals surface area contributed by atoms with Crippen molar-refractivity contribution in [3.63, 3.8) is 0 Å². The van der Waals surface area contributed by atoms with Crippen LogP contribution in [0.1, 0.15) is 27.5 Å². The van der Waals surface area contributed by atoms with Crippen molar-refractivity contribution in [1.29, 1.82) is 0 Å². The molecule has 5 heteroatoms. The van der Waals surface area contributed by atoms with Gasteiger partial charge in [0.25, 0.3) is 5.91 Å². The Bertz CT molecular complexity index is 1020. The van der Waals surface area contributed by atoms with Crippen LogP contribution in [0, 0.1) is 0 Å². The summed E-state index contributed by atoms with van der Waals surface area (Å²) >= 11 is 0. The third-order valence-electron chi connectivity index (χ3n) is 4.32. The van der Waals surface area contributed by atoms with Gasteiger partial charge >= 0.3 is 0 Å². The van der Waals surface area contributed by atoms with Crippen molar-refractivity contribution in [3.8, 4) is 0 Å². The predicted octanol–water partition coefficient (Wildman–Crippen LogP) is 3.80. The Morgan fingerprint density at radius 3 is 2.04 bits per heavy atom. The van der Waals surface area contributed by atoms with Gasteiger partial charge in [-0.15, -0.1) is 0 Å². The average molecular weight is 379 g/mol. The highest BCUT2D eigenvalue weighted by atomic mass is 32.2. The lowest BCUT2D eigenvalue weighted by Gasteiger charge is -2.20. The maximum absolute atomic E-state index is 12.9. The number of hydrogen-bond acceptors (Lipinski definition) is 3. The quantitative estimate of drug-likeness (QED) is 0.708. The van der Waals surface area contributed by atoms with E-state index in [0.29, 0.717) is 6.42 Å². The topological polar surface area (TPSA) is 63.2 Å². The minimum atomic E-state index is -3.50. The number of sulfone groups is 1. The average Bonchev–Trinajstić information content (AvgIpc) is 2.68. The maximum Gasteiger partial charge on any atom is 0.253 e. The molecule has 3 aromatic rings. The van der Waals surface area contributed by atoms with E-state index >= 15 is 0 Å². The van der Waals surface area contributed by atoms with E-state index < -0.39 is 15.7 Å². The van der Waals surface area contributed by atoms with Gasteiger partial charge in [-0.1, -0.05) is 72.8 Å². The number of rotatable bonds is 6. The summed E-state index contributed by atoms with van der Waals surface area (Å²) in [6, 6.07) is 25.6. The maximum atomic E-state index is 12.9. The van der Waals surface area contributed by atoms with E-state index in [2.05, 4.69) is 5.32 Å². The van der Waals surface area contributed by atoms with Gasteiger partial charge in [-0.2, -0.15) is 0 Å². The molecule has 0 bridgehead atoms. The van der Waals surface area contributed by atoms with Gasteiger partial charge in [0.15, 0.2) is 9.84 Å². The van der Waals surface area contributed by atoms with E-state index in [-0.39, 0.29) is 16.5 Å². The van der Waals surface area contributed by atoms with Gasteiger partial charge in [0.1, 0.15) is 0 Å². The van der Waals surface area contributed by atoms with Crippen LogP contribution in [0.15, 0.2) is 89.8 Å². The Morgan fingerprint density at radius 1 is 0.852 bits per heavy atom. The Morgan fingerprint density at radius 2 is 1.41 bits per heavy atom. The molecule has 0 aliphatic carbocycles. The summed E-state index contributed by atoms with van der Waals surface area (Å²) in [4.78, 5) is 12.9. The van der Waals surface area contributed by atoms with Crippen molar-refractivity contribution in [3.05, 3.63) is 102 Å². The van der Waals surface area contributed by atoms with Crippen LogP contribution in [-0.4, -0.2) is 20.6 Å². The molecule has 4 nitrogen and oxygen atoms in total. The van der Waals surface area contributed by atoms with E-state index in [1.807, 2.05) is 60.7 Å². The molecular weight excluding hydrogens is 358 g/mol. The summed E-state index contributed by atoms with van der Waals surface area (Å²) in [5.74, 6) is -0.402. The first-order chi connectivity index (χ1) is 12.9. The van der Waals surface area contributed by atoms with E-state index in [1.54, 1.807) is 12.1 Å². The van der Waals surface area contributed by atoms with E-state index in [1.165, 1.54) is 12.1 Å². The molecule has 1 unspecified atom stereocenters. The molecule has 3 aromatic carbocycles. The monoisotopic (exact) mass is 379 g/mol. The number of hydrogen-bond donors (Lipinski definition) is 1. The third kappa shape index (κ3) is 4.83. The predicted molar refractivity (Wildman–Crippen MR) is 106 cm³/mol. The van der Waals surface area contributed by atoms with E-state index in [4.69, 9.17) is 0 Å². The highest BCUT2D eigenvalue weighted by molar-refractivity contribution is 7.90. The molecule has 27 heavy (non-hydrogen) atoms. The first-order valence-electron chi connectivity index (χ1n) is 8.64. The van der Waals surface area contributed by atoms with Crippen LogP contribution in [0.4, 0.5) is 0 Å². The lowest BCUT2D eigenvalue weighted by Crippen LogP contribution is -2.31. The summed E-state index contributed by atoms with van der Waals surface area (Å²) in [6.07, 6.45) is 1.72. The zero-order valence-electron chi connectivity index (χ0n) is 15.0. The normalized spacial score (nSPS) is 12.3. The van der Waals surface area contributed by atoms with Crippen LogP contribution in [0.25, 0.3) is 0 Å². The largest absolute Gasteiger partial charge is 0.345 e. The van der Waals surface area contributed by atoms with Crippen molar-refractivity contribution in [2.75, 3.05) is 6.26 Å². The molecule has 0 heterocycles. The summed E-state index contributed by atoms with van der Waals surface area (Å²) in [5.41, 5.74) is 2.21. The standard InChI is InChI=1S/C22H21NO3S/c1-27(25,26)21-15-9-8-14-19(21)22(24)23-20(18-12-6-3-7-13-18)16-17-10-4-2-5-11-17/h2-15,20H,16H2,1H3,(H,23,24). The Balaban J connectivity index is 1.92. The number of nitrogens with one attached hydrogen (secondary N) is 1. The number of carbonyl (C=O) groups excluding carboxylic acids is 1. The van der Waals surface area contributed by atoms with Gasteiger partial charge < -0.3 is 5.32 Å². The second-order valence-corrected chi connectivity index (χ2v) is 8.38. The summed E-state index contributed by atoms with van der Waals surface area (Å²) in [6.45, 7) is 0. The number of amides is 1. The van der Waals surface area contributed by atoms with Crippen LogP contribution in [0.2, 0.25) is 0 Å². The van der Waals surface area contributed by atoms with Gasteiger partial charge in [0, 0.05) is 6.26 Å². The molecule has 0 aromatic heterocycles. The van der Waals surface area contributed by atoms with Gasteiger partial charge in [-0.25, -0.2) is 8.42 Å². The summed E-state index contributed by atoms with van der Waals surface area (Å²) in [5, 5.41) is 3.01. The van der Waals surface area contributed by atoms with Crippen LogP contribution in [0.5, 0.6) is 0 Å². The third-order valence-corrected chi connectivity index (χ3v) is 5.48. The van der Waals surface area contributed by atoms with Gasteiger partial charge in [0.05, 0.1) is 16.5 Å². The SMILES string of the molecule is CS(=O)(=O)c1ccccc1C(=O)NC(Cc1ccccc1)c1ccccc1. The van der Waals surface area contributed by atoms with Crippen molar-refractivity contribution in [2.45, 2.75) is 17.4 Å². The fraction of sp³-hybridized carbons (Fsp3) is 0.136. The fourth-order valence-corrected chi connectivity index (χ4v) is 3.89. The second kappa shape index (κ2) is 8.18. The molecule has 0 aliphatic rings. The Hall–Kier alpha value is -2.92. The molecule has 138 valence electrons. The second-order valence-electron chi connectivity index (χ2n) is 6.39. The molecule has 0 fully saturated rings. The summed E-state index contributed by atoms with van der Waals surface area (Å²) < 4.78 is 24.0. The van der Waals surface area contributed by atoms with Crippen LogP contribution >= 0.6 is 0 Å². The van der Waals surface area contributed by atoms with Crippen molar-refractivity contribution < 1.29 is 13.2 Å². The highest BCUT2D eigenvalue weighted by Gasteiger charge is 2.21. The van der Waals surface area contributed by atoms with E-state index in [0.717, 1.165) is 17.4 Å². The van der Waals surface area contributed by atoms with Gasteiger partial charge in [-0.05, 0) is 29.7 Å². The molecular formula is C22H21NO3S. The minimum Gasteiger partial charge on any atom is -0.345 e. The molecule has 0 saturated carbocycles. The Kier molecular flexibility index (Phi) is 5.72. The van der Waals surface area contributed by atoms with Crippen LogP contribution < -0.4 is 5.32 Å². The first-order valence-corrected chi connectivity index (χ1v) is 10.5. The minimum absolute atomic E-state index is 0.0361. The van der Waals surface area contributed by atoms with E-state index in [9.17, 15) is 13.2 Å². The number of carbonyl (C=O) groups is 1. The Labute approximate surface area is 159 Å². The first kappa shape index (κ1) is 18.9. The van der Waals surface area contributed by atoms with Gasteiger partial charge in [0.2, 0.25) is 0 Å². The molecule has 3 rings (SSSR count). The smallest absolute Gasteiger partial charge is 0.253 e. The van der Waals surface area contributed by atoms with Crippen molar-refractivity contribution in [1.82, 2.24) is 5.32 Å². The van der Waals surface area contributed by atoms with Crippen molar-refractivity contribution >= 4 is 15.7 Å². The van der Waals surface area contributed by atoms with Gasteiger partial charge in [-0.3, -0.25) is 4.79 Å². The lowest BCUT2D eigenvalue weighted by molar-refractivity contribution is 0.0933. The molecule has 1 amide bonds. The molecule has 1 N–H and O–H groups in total. The zero-order valence-corrected chi connectivity index (χ0v) is 15.8. The summed E-state index contributed by atoms with van der Waals surface area (Å²) in [7, 11) is -3.50. The molecule has 0 saturated heterocycles. The molecule has 0 aliphatic heterocycles.